The van der Waals surface area contributed by atoms with E-state index in [1.807, 2.05) is 0 Å². The van der Waals surface area contributed by atoms with E-state index in [-0.39, 0.29) is 5.69 Å². The standard InChI is InChI=1S/C13H11F3N2O2/c14-13(15,16)9-4-3-5-10(8-9)18-12(11(19)20)6-1-2-7-17-12/h1-8,17-18H,(H,19,20). The van der Waals surface area contributed by atoms with Crippen molar-refractivity contribution in [2.75, 3.05) is 5.32 Å². The van der Waals surface area contributed by atoms with E-state index in [1.54, 1.807) is 6.08 Å². The molecule has 1 unspecified atom stereocenters. The number of hydrogen-bond acceptors (Lipinski definition) is 3. The van der Waals surface area contributed by atoms with Gasteiger partial charge in [0.05, 0.1) is 5.56 Å². The van der Waals surface area contributed by atoms with Gasteiger partial charge in [-0.1, -0.05) is 12.1 Å². The van der Waals surface area contributed by atoms with Crippen LogP contribution in [-0.2, 0) is 11.0 Å². The monoisotopic (exact) mass is 284 g/mol. The number of carboxylic acids is 1. The summed E-state index contributed by atoms with van der Waals surface area (Å²) in [5, 5.41) is 14.4. The van der Waals surface area contributed by atoms with Gasteiger partial charge in [-0.3, -0.25) is 0 Å². The zero-order valence-corrected chi connectivity index (χ0v) is 10.1. The fraction of sp³-hybridized carbons (Fsp3) is 0.154. The highest BCUT2D eigenvalue weighted by Gasteiger charge is 2.36. The van der Waals surface area contributed by atoms with E-state index >= 15 is 0 Å². The minimum absolute atomic E-state index is 0.0506. The zero-order valence-electron chi connectivity index (χ0n) is 10.1. The van der Waals surface area contributed by atoms with E-state index < -0.39 is 23.4 Å². The van der Waals surface area contributed by atoms with Gasteiger partial charge in [-0.05, 0) is 36.6 Å². The van der Waals surface area contributed by atoms with Crippen LogP contribution in [0.3, 0.4) is 0 Å². The molecule has 1 aromatic rings. The Labute approximate surface area is 112 Å². The molecule has 0 amide bonds. The van der Waals surface area contributed by atoms with Gasteiger partial charge in [0.1, 0.15) is 0 Å². The first kappa shape index (κ1) is 14.0. The summed E-state index contributed by atoms with van der Waals surface area (Å²) in [5.74, 6) is -1.25. The second-order valence-corrected chi connectivity index (χ2v) is 4.18. The number of alkyl halides is 3. The third kappa shape index (κ3) is 2.76. The van der Waals surface area contributed by atoms with Crippen molar-refractivity contribution in [3.8, 4) is 0 Å². The number of allylic oxidation sites excluding steroid dienone is 2. The van der Waals surface area contributed by atoms with E-state index in [0.29, 0.717) is 0 Å². The van der Waals surface area contributed by atoms with Crippen molar-refractivity contribution in [1.82, 2.24) is 5.32 Å². The van der Waals surface area contributed by atoms with Crippen LogP contribution in [0.2, 0.25) is 0 Å². The number of nitrogens with one attached hydrogen (secondary N) is 2. The third-order valence-electron chi connectivity index (χ3n) is 2.73. The molecule has 1 atom stereocenters. The molecule has 0 radical (unpaired) electrons. The summed E-state index contributed by atoms with van der Waals surface area (Å²) in [6.45, 7) is 0. The second-order valence-electron chi connectivity index (χ2n) is 4.18. The number of halogens is 3. The van der Waals surface area contributed by atoms with Crippen LogP contribution < -0.4 is 10.6 Å². The van der Waals surface area contributed by atoms with E-state index in [1.165, 1.54) is 30.5 Å². The van der Waals surface area contributed by atoms with Crippen LogP contribution in [0.25, 0.3) is 0 Å². The van der Waals surface area contributed by atoms with Crippen LogP contribution in [0.4, 0.5) is 18.9 Å². The van der Waals surface area contributed by atoms with Crippen molar-refractivity contribution in [2.45, 2.75) is 11.8 Å². The Morgan fingerprint density at radius 1 is 1.30 bits per heavy atom. The molecule has 1 heterocycles. The van der Waals surface area contributed by atoms with E-state index in [0.717, 1.165) is 12.1 Å². The van der Waals surface area contributed by atoms with Gasteiger partial charge in [0.2, 0.25) is 5.66 Å². The molecular weight excluding hydrogens is 273 g/mol. The van der Waals surface area contributed by atoms with Gasteiger partial charge >= 0.3 is 12.1 Å². The molecule has 0 bridgehead atoms. The summed E-state index contributed by atoms with van der Waals surface area (Å²) in [5.41, 5.74) is -2.47. The first-order valence-electron chi connectivity index (χ1n) is 5.64. The van der Waals surface area contributed by atoms with Crippen LogP contribution in [0.15, 0.2) is 48.7 Å². The lowest BCUT2D eigenvalue weighted by atomic mass is 10.1. The topological polar surface area (TPSA) is 61.4 Å². The smallest absolute Gasteiger partial charge is 0.416 e. The maximum atomic E-state index is 12.6. The average Bonchev–Trinajstić information content (AvgIpc) is 2.39. The predicted molar refractivity (Wildman–Crippen MR) is 66.8 cm³/mol. The molecule has 0 spiro atoms. The zero-order chi connectivity index (χ0) is 14.8. The van der Waals surface area contributed by atoms with Gasteiger partial charge in [-0.15, -0.1) is 0 Å². The normalized spacial score (nSPS) is 21.4. The molecule has 1 aromatic carbocycles. The highest BCUT2D eigenvalue weighted by molar-refractivity contribution is 5.85. The number of carbonyl (C=O) groups is 1. The van der Waals surface area contributed by atoms with E-state index in [4.69, 9.17) is 0 Å². The fourth-order valence-electron chi connectivity index (χ4n) is 1.75. The Morgan fingerprint density at radius 3 is 2.60 bits per heavy atom. The molecule has 20 heavy (non-hydrogen) atoms. The van der Waals surface area contributed by atoms with Crippen LogP contribution in [0.5, 0.6) is 0 Å². The SMILES string of the molecule is O=C(O)C1(Nc2cccc(C(F)(F)F)c2)C=CC=CN1. The van der Waals surface area contributed by atoms with Gasteiger partial charge < -0.3 is 15.7 Å². The molecule has 106 valence electrons. The van der Waals surface area contributed by atoms with Crippen molar-refractivity contribution in [3.05, 3.63) is 54.3 Å². The minimum Gasteiger partial charge on any atom is -0.478 e. The molecule has 3 N–H and O–H groups in total. The van der Waals surface area contributed by atoms with Crippen molar-refractivity contribution in [1.29, 1.82) is 0 Å². The fourth-order valence-corrected chi connectivity index (χ4v) is 1.75. The molecule has 2 rings (SSSR count). The van der Waals surface area contributed by atoms with Gasteiger partial charge in [-0.25, -0.2) is 4.79 Å². The molecule has 0 aliphatic carbocycles. The lowest BCUT2D eigenvalue weighted by molar-refractivity contribution is -0.141. The second kappa shape index (κ2) is 4.92. The molecule has 0 saturated carbocycles. The molecule has 4 nitrogen and oxygen atoms in total. The molecule has 7 heteroatoms. The maximum absolute atomic E-state index is 12.6. The van der Waals surface area contributed by atoms with E-state index in [9.17, 15) is 23.1 Å². The van der Waals surface area contributed by atoms with Crippen molar-refractivity contribution in [2.24, 2.45) is 0 Å². The summed E-state index contributed by atoms with van der Waals surface area (Å²) in [6, 6.07) is 4.36. The lowest BCUT2D eigenvalue weighted by Gasteiger charge is -2.30. The summed E-state index contributed by atoms with van der Waals surface area (Å²) >= 11 is 0. The molecule has 0 aromatic heterocycles. The Kier molecular flexibility index (Phi) is 3.44. The lowest BCUT2D eigenvalue weighted by Crippen LogP contribution is -2.55. The number of hydrogen-bond donors (Lipinski definition) is 3. The summed E-state index contributed by atoms with van der Waals surface area (Å²) in [6.07, 6.45) is 1.30. The van der Waals surface area contributed by atoms with Crippen LogP contribution >= 0.6 is 0 Å². The Morgan fingerprint density at radius 2 is 2.05 bits per heavy atom. The largest absolute Gasteiger partial charge is 0.478 e. The van der Waals surface area contributed by atoms with Crippen LogP contribution in [0, 0.1) is 0 Å². The van der Waals surface area contributed by atoms with Gasteiger partial charge in [0.25, 0.3) is 0 Å². The van der Waals surface area contributed by atoms with Crippen molar-refractivity contribution in [3.63, 3.8) is 0 Å². The number of rotatable bonds is 3. The van der Waals surface area contributed by atoms with Gasteiger partial charge in [-0.2, -0.15) is 13.2 Å². The molecule has 0 fully saturated rings. The summed E-state index contributed by atoms with van der Waals surface area (Å²) in [7, 11) is 0. The molecule has 1 aliphatic rings. The number of anilines is 1. The number of benzene rings is 1. The number of carboxylic acid groups (broad SMARTS) is 1. The summed E-state index contributed by atoms with van der Waals surface area (Å²) in [4.78, 5) is 11.3. The van der Waals surface area contributed by atoms with E-state index in [2.05, 4.69) is 10.6 Å². The molecular formula is C13H11F3N2O2. The number of aliphatic carboxylic acids is 1. The highest BCUT2D eigenvalue weighted by Crippen LogP contribution is 2.31. The quantitative estimate of drug-likeness (QED) is 0.798. The van der Waals surface area contributed by atoms with Gasteiger partial charge in [0.15, 0.2) is 0 Å². The third-order valence-corrected chi connectivity index (χ3v) is 2.73. The predicted octanol–water partition coefficient (Wildman–Crippen LogP) is 2.57. The highest BCUT2D eigenvalue weighted by atomic mass is 19.4. The Bertz CT molecular complexity index is 581. The molecule has 0 saturated heterocycles. The van der Waals surface area contributed by atoms with Crippen LogP contribution in [-0.4, -0.2) is 16.7 Å². The van der Waals surface area contributed by atoms with Crippen molar-refractivity contribution < 1.29 is 23.1 Å². The van der Waals surface area contributed by atoms with Gasteiger partial charge in [0, 0.05) is 5.69 Å². The molecule has 1 aliphatic heterocycles. The maximum Gasteiger partial charge on any atom is 0.416 e. The first-order valence-corrected chi connectivity index (χ1v) is 5.64. The van der Waals surface area contributed by atoms with Crippen LogP contribution in [0.1, 0.15) is 5.56 Å². The Hall–Kier alpha value is -2.44. The average molecular weight is 284 g/mol. The minimum atomic E-state index is -4.48. The number of dihydropyridines is 1. The van der Waals surface area contributed by atoms with Crippen molar-refractivity contribution >= 4 is 11.7 Å². The Balaban J connectivity index is 2.31. The first-order chi connectivity index (χ1) is 9.33. The summed E-state index contributed by atoms with van der Waals surface area (Å²) < 4.78 is 37.8.